The van der Waals surface area contributed by atoms with Gasteiger partial charge in [0.1, 0.15) is 6.29 Å². The first-order chi connectivity index (χ1) is 12.1. The first-order valence-corrected chi connectivity index (χ1v) is 7.27. The maximum atomic E-state index is 13.2. The topological polar surface area (TPSA) is 34.9 Å². The highest BCUT2D eigenvalue weighted by Gasteiger charge is 2.38. The SMILES string of the molecule is O=Cc1ccc2cn(Cc3ccc(C(F)(F)F)cc3C(F)(F)F)nc2c1. The average molecular weight is 372 g/mol. The summed E-state index contributed by atoms with van der Waals surface area (Å²) < 4.78 is 78.9. The van der Waals surface area contributed by atoms with Gasteiger partial charge in [0, 0.05) is 17.1 Å². The molecule has 0 atom stereocenters. The fourth-order valence-corrected chi connectivity index (χ4v) is 2.57. The van der Waals surface area contributed by atoms with E-state index in [9.17, 15) is 31.1 Å². The minimum absolute atomic E-state index is 0.100. The van der Waals surface area contributed by atoms with Gasteiger partial charge in [0.2, 0.25) is 0 Å². The van der Waals surface area contributed by atoms with Gasteiger partial charge in [0.25, 0.3) is 0 Å². The number of rotatable bonds is 3. The minimum atomic E-state index is -4.94. The molecule has 0 N–H and O–H groups in total. The van der Waals surface area contributed by atoms with Gasteiger partial charge in [-0.25, -0.2) is 0 Å². The molecular formula is C17H10F6N2O. The second-order valence-electron chi connectivity index (χ2n) is 5.63. The lowest BCUT2D eigenvalue weighted by Crippen LogP contribution is -2.15. The Morgan fingerprint density at radius 1 is 0.962 bits per heavy atom. The summed E-state index contributed by atoms with van der Waals surface area (Å²) in [7, 11) is 0. The number of alkyl halides is 6. The Labute approximate surface area is 142 Å². The zero-order valence-electron chi connectivity index (χ0n) is 12.9. The molecule has 0 saturated heterocycles. The molecule has 26 heavy (non-hydrogen) atoms. The monoisotopic (exact) mass is 372 g/mol. The number of nitrogens with zero attached hydrogens (tertiary/aromatic N) is 2. The fourth-order valence-electron chi connectivity index (χ4n) is 2.57. The lowest BCUT2D eigenvalue weighted by atomic mass is 10.0. The van der Waals surface area contributed by atoms with Crippen molar-refractivity contribution < 1.29 is 31.1 Å². The number of hydrogen-bond acceptors (Lipinski definition) is 2. The van der Waals surface area contributed by atoms with Crippen molar-refractivity contribution >= 4 is 17.2 Å². The molecule has 136 valence electrons. The smallest absolute Gasteiger partial charge is 0.298 e. The van der Waals surface area contributed by atoms with Crippen molar-refractivity contribution in [3.05, 3.63) is 64.8 Å². The highest BCUT2D eigenvalue weighted by molar-refractivity contribution is 5.86. The lowest BCUT2D eigenvalue weighted by molar-refractivity contribution is -0.143. The molecule has 3 nitrogen and oxygen atoms in total. The Kier molecular flexibility index (Phi) is 4.25. The fraction of sp³-hybridized carbons (Fsp3) is 0.176. The van der Waals surface area contributed by atoms with Crippen LogP contribution in [0.4, 0.5) is 26.3 Å². The number of carbonyl (C=O) groups is 1. The number of aldehydes is 1. The molecule has 0 radical (unpaired) electrons. The number of aromatic nitrogens is 2. The Morgan fingerprint density at radius 2 is 1.69 bits per heavy atom. The molecule has 0 saturated carbocycles. The zero-order valence-corrected chi connectivity index (χ0v) is 12.9. The van der Waals surface area contributed by atoms with Crippen molar-refractivity contribution in [2.45, 2.75) is 18.9 Å². The van der Waals surface area contributed by atoms with E-state index in [1.54, 1.807) is 6.07 Å². The van der Waals surface area contributed by atoms with E-state index in [1.807, 2.05) is 0 Å². The summed E-state index contributed by atoms with van der Waals surface area (Å²) in [6.45, 7) is -0.363. The third kappa shape index (κ3) is 3.56. The van der Waals surface area contributed by atoms with Crippen LogP contribution in [0.25, 0.3) is 10.9 Å². The van der Waals surface area contributed by atoms with Crippen molar-refractivity contribution in [2.24, 2.45) is 0 Å². The molecule has 1 heterocycles. The van der Waals surface area contributed by atoms with E-state index in [2.05, 4.69) is 5.10 Å². The highest BCUT2D eigenvalue weighted by atomic mass is 19.4. The van der Waals surface area contributed by atoms with E-state index < -0.39 is 23.5 Å². The Hall–Kier alpha value is -2.84. The zero-order chi connectivity index (χ0) is 19.1. The first-order valence-electron chi connectivity index (χ1n) is 7.27. The molecule has 9 heteroatoms. The number of benzene rings is 2. The van der Waals surface area contributed by atoms with Crippen molar-refractivity contribution in [2.75, 3.05) is 0 Å². The van der Waals surface area contributed by atoms with Crippen LogP contribution >= 0.6 is 0 Å². The molecule has 0 aliphatic heterocycles. The molecule has 0 aliphatic rings. The van der Waals surface area contributed by atoms with Gasteiger partial charge in [0.05, 0.1) is 23.2 Å². The van der Waals surface area contributed by atoms with Gasteiger partial charge in [-0.2, -0.15) is 31.4 Å². The molecule has 0 bridgehead atoms. The van der Waals surface area contributed by atoms with E-state index in [0.717, 1.165) is 6.07 Å². The Morgan fingerprint density at radius 3 is 2.31 bits per heavy atom. The van der Waals surface area contributed by atoms with Crippen LogP contribution in [-0.4, -0.2) is 16.1 Å². The average Bonchev–Trinajstić information content (AvgIpc) is 2.94. The molecule has 0 aliphatic carbocycles. The summed E-state index contributed by atoms with van der Waals surface area (Å²) in [5.41, 5.74) is -2.31. The van der Waals surface area contributed by atoms with E-state index in [0.29, 0.717) is 28.8 Å². The van der Waals surface area contributed by atoms with E-state index in [4.69, 9.17) is 0 Å². The van der Waals surface area contributed by atoms with Crippen molar-refractivity contribution in [3.63, 3.8) is 0 Å². The summed E-state index contributed by atoms with van der Waals surface area (Å²) in [6.07, 6.45) is -7.74. The third-order valence-electron chi connectivity index (χ3n) is 3.79. The highest BCUT2D eigenvalue weighted by Crippen LogP contribution is 2.37. The Balaban J connectivity index is 2.02. The largest absolute Gasteiger partial charge is 0.416 e. The molecule has 2 aromatic carbocycles. The molecule has 0 amide bonds. The summed E-state index contributed by atoms with van der Waals surface area (Å²) >= 11 is 0. The second-order valence-corrected chi connectivity index (χ2v) is 5.63. The summed E-state index contributed by atoms with van der Waals surface area (Å²) in [5, 5.41) is 4.67. The van der Waals surface area contributed by atoms with Crippen LogP contribution in [0.5, 0.6) is 0 Å². The number of carbonyl (C=O) groups excluding carboxylic acids is 1. The molecule has 0 unspecified atom stereocenters. The normalized spacial score (nSPS) is 12.5. The van der Waals surface area contributed by atoms with Crippen LogP contribution in [0.1, 0.15) is 27.0 Å². The first kappa shape index (κ1) is 18.0. The molecule has 3 rings (SSSR count). The lowest BCUT2D eigenvalue weighted by Gasteiger charge is -2.16. The standard InChI is InChI=1S/C17H10F6N2O/c18-16(19,20)13-4-3-11(14(6-13)17(21,22)23)7-25-8-12-2-1-10(9-26)5-15(12)24-25/h1-6,8-9H,7H2. The summed E-state index contributed by atoms with van der Waals surface area (Å²) in [6, 6.07) is 6.09. The number of fused-ring (bicyclic) bond motifs is 1. The van der Waals surface area contributed by atoms with Gasteiger partial charge in [-0.05, 0) is 23.8 Å². The third-order valence-corrected chi connectivity index (χ3v) is 3.79. The van der Waals surface area contributed by atoms with E-state index >= 15 is 0 Å². The van der Waals surface area contributed by atoms with Crippen molar-refractivity contribution in [3.8, 4) is 0 Å². The van der Waals surface area contributed by atoms with Crippen molar-refractivity contribution in [1.82, 2.24) is 9.78 Å². The van der Waals surface area contributed by atoms with Gasteiger partial charge >= 0.3 is 12.4 Å². The number of halogens is 6. The van der Waals surface area contributed by atoms with Gasteiger partial charge in [-0.15, -0.1) is 0 Å². The van der Waals surface area contributed by atoms with Gasteiger partial charge in [0.15, 0.2) is 0 Å². The quantitative estimate of drug-likeness (QED) is 0.482. The molecule has 0 fully saturated rings. The predicted octanol–water partition coefficient (Wildman–Crippen LogP) is 4.93. The summed E-state index contributed by atoms with van der Waals surface area (Å²) in [5.74, 6) is 0. The predicted molar refractivity (Wildman–Crippen MR) is 80.7 cm³/mol. The minimum Gasteiger partial charge on any atom is -0.298 e. The van der Waals surface area contributed by atoms with Crippen LogP contribution in [0.2, 0.25) is 0 Å². The molecule has 0 spiro atoms. The van der Waals surface area contributed by atoms with E-state index in [1.165, 1.54) is 23.0 Å². The van der Waals surface area contributed by atoms with Gasteiger partial charge < -0.3 is 0 Å². The molecule has 1 aromatic heterocycles. The van der Waals surface area contributed by atoms with Gasteiger partial charge in [-0.1, -0.05) is 18.2 Å². The van der Waals surface area contributed by atoms with Crippen LogP contribution in [-0.2, 0) is 18.9 Å². The van der Waals surface area contributed by atoms with Crippen LogP contribution < -0.4 is 0 Å². The molecular weight excluding hydrogens is 362 g/mol. The molecule has 3 aromatic rings. The van der Waals surface area contributed by atoms with E-state index in [-0.39, 0.29) is 18.2 Å². The van der Waals surface area contributed by atoms with Crippen LogP contribution in [0, 0.1) is 0 Å². The Bertz CT molecular complexity index is 972. The van der Waals surface area contributed by atoms with Gasteiger partial charge in [-0.3, -0.25) is 9.48 Å². The van der Waals surface area contributed by atoms with Crippen LogP contribution in [0.3, 0.4) is 0 Å². The maximum Gasteiger partial charge on any atom is 0.416 e. The van der Waals surface area contributed by atoms with Crippen molar-refractivity contribution in [1.29, 1.82) is 0 Å². The second kappa shape index (κ2) is 6.15. The summed E-state index contributed by atoms with van der Waals surface area (Å²) in [4.78, 5) is 10.8. The number of hydrogen-bond donors (Lipinski definition) is 0. The maximum absolute atomic E-state index is 13.2. The van der Waals surface area contributed by atoms with Crippen LogP contribution in [0.15, 0.2) is 42.6 Å².